The summed E-state index contributed by atoms with van der Waals surface area (Å²) in [6.45, 7) is 0. The van der Waals surface area contributed by atoms with E-state index in [9.17, 15) is 4.57 Å². The van der Waals surface area contributed by atoms with Crippen LogP contribution < -0.4 is 16.1 Å². The molecule has 2 aromatic rings. The molecule has 0 bridgehead atoms. The van der Waals surface area contributed by atoms with Gasteiger partial charge < -0.3 is 0 Å². The van der Waals surface area contributed by atoms with Gasteiger partial charge >= 0.3 is 0 Å². The van der Waals surface area contributed by atoms with E-state index in [-0.39, 0.29) is 0 Å². The molecule has 0 aromatic heterocycles. The summed E-state index contributed by atoms with van der Waals surface area (Å²) in [6.07, 6.45) is 0. The summed E-state index contributed by atoms with van der Waals surface area (Å²) in [6, 6.07) is 17.9. The van der Waals surface area contributed by atoms with Gasteiger partial charge in [0.15, 0.2) is 0 Å². The Morgan fingerprint density at radius 3 is 1.40 bits per heavy atom. The summed E-state index contributed by atoms with van der Waals surface area (Å²) >= 11 is 0. The third-order valence-electron chi connectivity index (χ3n) is 2.24. The lowest BCUT2D eigenvalue weighted by Crippen LogP contribution is -2.15. The van der Waals surface area contributed by atoms with E-state index >= 15 is 0 Å². The minimum atomic E-state index is -3.15. The first-order valence-corrected chi connectivity index (χ1v) is 6.38. The fourth-order valence-electron chi connectivity index (χ4n) is 1.42. The van der Waals surface area contributed by atoms with Gasteiger partial charge in [-0.1, -0.05) is 36.4 Å². The van der Waals surface area contributed by atoms with Crippen LogP contribution in [0, 0.1) is 0 Å². The Kier molecular flexibility index (Phi) is 2.72. The third kappa shape index (κ3) is 2.01. The van der Waals surface area contributed by atoms with Gasteiger partial charge in [-0.25, -0.2) is 0 Å². The van der Waals surface area contributed by atoms with Crippen molar-refractivity contribution >= 4 is 17.9 Å². The van der Waals surface area contributed by atoms with Crippen molar-refractivity contribution in [2.45, 2.75) is 0 Å². The smallest absolute Gasteiger partial charge is 0.217 e. The lowest BCUT2D eigenvalue weighted by Gasteiger charge is -2.11. The van der Waals surface area contributed by atoms with Gasteiger partial charge in [-0.3, -0.25) is 4.57 Å². The van der Waals surface area contributed by atoms with Gasteiger partial charge in [-0.05, 0) is 24.3 Å². The summed E-state index contributed by atoms with van der Waals surface area (Å²) < 4.78 is 12.3. The minimum absolute atomic E-state index is 0.580. The van der Waals surface area contributed by atoms with Gasteiger partial charge in [0.2, 0.25) is 7.29 Å². The first-order chi connectivity index (χ1) is 7.21. The fraction of sp³-hybridized carbons (Fsp3) is 0. The van der Waals surface area contributed by atoms with Gasteiger partial charge in [0.1, 0.15) is 0 Å². The zero-order valence-corrected chi connectivity index (χ0v) is 9.02. The van der Waals surface area contributed by atoms with Crippen molar-refractivity contribution in [2.75, 3.05) is 0 Å². The molecule has 0 saturated carbocycles. The zero-order chi connectivity index (χ0) is 10.7. The Bertz CT molecular complexity index is 438. The van der Waals surface area contributed by atoms with E-state index in [0.29, 0.717) is 10.6 Å². The molecule has 0 aliphatic rings. The highest BCUT2D eigenvalue weighted by Crippen LogP contribution is 2.36. The van der Waals surface area contributed by atoms with Crippen LogP contribution >= 0.6 is 7.29 Å². The summed E-state index contributed by atoms with van der Waals surface area (Å²) in [5, 5.41) is 1.16. The van der Waals surface area contributed by atoms with E-state index in [0.717, 1.165) is 0 Å². The van der Waals surface area contributed by atoms with E-state index in [1.54, 1.807) is 48.5 Å². The lowest BCUT2D eigenvalue weighted by molar-refractivity contribution is 0.587. The Balaban J connectivity index is 2.50. The maximum absolute atomic E-state index is 12.3. The van der Waals surface area contributed by atoms with Crippen LogP contribution in [0.2, 0.25) is 0 Å². The Morgan fingerprint density at radius 1 is 0.733 bits per heavy atom. The maximum atomic E-state index is 12.3. The highest BCUT2D eigenvalue weighted by molar-refractivity contribution is 7.76. The maximum Gasteiger partial charge on any atom is 0.217 e. The van der Waals surface area contributed by atoms with Gasteiger partial charge in [-0.15, -0.1) is 0 Å². The predicted octanol–water partition coefficient (Wildman–Crippen LogP) is 2.20. The predicted molar refractivity (Wildman–Crippen MR) is 62.9 cm³/mol. The molecule has 0 saturated heterocycles. The van der Waals surface area contributed by atoms with E-state index in [4.69, 9.17) is 5.50 Å². The van der Waals surface area contributed by atoms with Crippen molar-refractivity contribution in [2.24, 2.45) is 0 Å². The fourth-order valence-corrected chi connectivity index (χ4v) is 2.91. The summed E-state index contributed by atoms with van der Waals surface area (Å²) in [4.78, 5) is 0. The monoisotopic (exact) mass is 216 g/mol. The molecular formula is C12H11NOP. The van der Waals surface area contributed by atoms with Crippen LogP contribution in [0.3, 0.4) is 0 Å². The number of rotatable bonds is 2. The van der Waals surface area contributed by atoms with Crippen LogP contribution in [-0.2, 0) is 4.57 Å². The van der Waals surface area contributed by atoms with E-state index < -0.39 is 7.29 Å². The van der Waals surface area contributed by atoms with Crippen LogP contribution in [0.25, 0.3) is 0 Å². The molecule has 0 fully saturated rings. The summed E-state index contributed by atoms with van der Waals surface area (Å²) in [7, 11) is -3.15. The average Bonchev–Trinajstić information content (AvgIpc) is 2.31. The molecule has 0 aliphatic carbocycles. The van der Waals surface area contributed by atoms with Crippen LogP contribution in [0.4, 0.5) is 0 Å². The first kappa shape index (κ1) is 10.2. The van der Waals surface area contributed by atoms with Gasteiger partial charge in [0, 0.05) is 10.6 Å². The summed E-state index contributed by atoms with van der Waals surface area (Å²) in [5.41, 5.74) is 7.96. The second kappa shape index (κ2) is 4.01. The van der Waals surface area contributed by atoms with Crippen LogP contribution in [0.15, 0.2) is 60.7 Å². The molecule has 15 heavy (non-hydrogen) atoms. The molecule has 75 valence electrons. The van der Waals surface area contributed by atoms with Crippen LogP contribution in [0.5, 0.6) is 0 Å². The number of nitrogens with one attached hydrogen (secondary N) is 1. The largest absolute Gasteiger partial charge is 0.295 e. The van der Waals surface area contributed by atoms with Gasteiger partial charge in [0.25, 0.3) is 0 Å². The molecule has 0 heterocycles. The Hall–Kier alpha value is -1.37. The van der Waals surface area contributed by atoms with E-state index in [1.165, 1.54) is 0 Å². The van der Waals surface area contributed by atoms with E-state index in [2.05, 4.69) is 0 Å². The minimum Gasteiger partial charge on any atom is -0.295 e. The highest BCUT2D eigenvalue weighted by atomic mass is 31.2. The van der Waals surface area contributed by atoms with Crippen LogP contribution in [-0.4, -0.2) is 0 Å². The molecule has 2 rings (SSSR count). The first-order valence-electron chi connectivity index (χ1n) is 4.67. The van der Waals surface area contributed by atoms with Crippen molar-refractivity contribution in [1.29, 1.82) is 0 Å². The lowest BCUT2D eigenvalue weighted by atomic mass is 10.4. The molecule has 0 atom stereocenters. The number of hydrogen-bond donors (Lipinski definition) is 0. The highest BCUT2D eigenvalue weighted by Gasteiger charge is 2.21. The SMILES string of the molecule is [NH]P(=O)(c1ccccc1)c1ccccc1. The van der Waals surface area contributed by atoms with Crippen LogP contribution in [0.1, 0.15) is 0 Å². The molecule has 1 radical (unpaired) electrons. The van der Waals surface area contributed by atoms with Crippen molar-refractivity contribution in [1.82, 2.24) is 5.50 Å². The Morgan fingerprint density at radius 2 is 1.07 bits per heavy atom. The van der Waals surface area contributed by atoms with Gasteiger partial charge in [0.05, 0.1) is 0 Å². The van der Waals surface area contributed by atoms with Gasteiger partial charge in [-0.2, -0.15) is 5.50 Å². The molecule has 2 aromatic carbocycles. The van der Waals surface area contributed by atoms with E-state index in [1.807, 2.05) is 12.1 Å². The molecule has 3 heteroatoms. The topological polar surface area (TPSA) is 40.9 Å². The third-order valence-corrected chi connectivity index (χ3v) is 4.29. The molecular weight excluding hydrogens is 205 g/mol. The zero-order valence-electron chi connectivity index (χ0n) is 8.13. The number of hydrogen-bond acceptors (Lipinski definition) is 1. The number of benzene rings is 2. The average molecular weight is 216 g/mol. The molecule has 2 nitrogen and oxygen atoms in total. The second-order valence-electron chi connectivity index (χ2n) is 3.28. The quantitative estimate of drug-likeness (QED) is 0.709. The Labute approximate surface area is 89.2 Å². The molecule has 0 amide bonds. The molecule has 1 N–H and O–H groups in total. The van der Waals surface area contributed by atoms with Crippen molar-refractivity contribution in [3.63, 3.8) is 0 Å². The van der Waals surface area contributed by atoms with Crippen molar-refractivity contribution in [3.8, 4) is 0 Å². The molecule has 0 aliphatic heterocycles. The molecule has 0 unspecified atom stereocenters. The normalized spacial score (nSPS) is 11.3. The van der Waals surface area contributed by atoms with Crippen molar-refractivity contribution in [3.05, 3.63) is 60.7 Å². The second-order valence-corrected chi connectivity index (χ2v) is 5.53. The standard InChI is InChI=1S/C12H11NOP/c13-15(14,11-7-3-1-4-8-11)12-9-5-2-6-10-12/h1-10,13H. The summed E-state index contributed by atoms with van der Waals surface area (Å²) in [5.74, 6) is 0. The molecule has 0 spiro atoms. The van der Waals surface area contributed by atoms with Crippen molar-refractivity contribution < 1.29 is 4.57 Å².